The number of thioether (sulfide) groups is 1. The number of pyridine rings is 1. The van der Waals surface area contributed by atoms with Gasteiger partial charge in [0.2, 0.25) is 5.91 Å². The summed E-state index contributed by atoms with van der Waals surface area (Å²) in [6.45, 7) is 4.01. The molecule has 1 heterocycles. The largest absolute Gasteiger partial charge is 0.478 e. The highest BCUT2D eigenvalue weighted by Gasteiger charge is 2.12. The molecule has 0 aliphatic carbocycles. The molecule has 0 unspecified atom stereocenters. The van der Waals surface area contributed by atoms with Crippen LogP contribution in [0, 0.1) is 11.3 Å². The van der Waals surface area contributed by atoms with Gasteiger partial charge in [-0.2, -0.15) is 5.26 Å². The molecular weight excluding hydrogens is 338 g/mol. The molecule has 0 fully saturated rings. The van der Waals surface area contributed by atoms with Crippen molar-refractivity contribution in [2.75, 3.05) is 11.1 Å². The Kier molecular flexibility index (Phi) is 6.14. The molecule has 2 rings (SSSR count). The van der Waals surface area contributed by atoms with E-state index >= 15 is 0 Å². The molecule has 25 heavy (non-hydrogen) atoms. The van der Waals surface area contributed by atoms with Gasteiger partial charge in [-0.05, 0) is 36.2 Å². The molecule has 7 heteroatoms. The van der Waals surface area contributed by atoms with Crippen molar-refractivity contribution >= 4 is 29.3 Å². The Morgan fingerprint density at radius 1 is 1.32 bits per heavy atom. The number of hydrogen-bond acceptors (Lipinski definition) is 5. The molecule has 2 N–H and O–H groups in total. The van der Waals surface area contributed by atoms with E-state index in [1.54, 1.807) is 18.2 Å². The van der Waals surface area contributed by atoms with Crippen LogP contribution in [0.25, 0.3) is 0 Å². The fraction of sp³-hybridized carbons (Fsp3) is 0.222. The molecule has 1 amide bonds. The summed E-state index contributed by atoms with van der Waals surface area (Å²) in [5, 5.41) is 21.3. The molecule has 6 nitrogen and oxygen atoms in total. The average molecular weight is 355 g/mol. The van der Waals surface area contributed by atoms with E-state index in [0.29, 0.717) is 16.3 Å². The summed E-state index contributed by atoms with van der Waals surface area (Å²) in [7, 11) is 0. The highest BCUT2D eigenvalue weighted by molar-refractivity contribution is 8.00. The highest BCUT2D eigenvalue weighted by atomic mass is 32.2. The molecule has 1 aromatic carbocycles. The van der Waals surface area contributed by atoms with Crippen LogP contribution < -0.4 is 5.32 Å². The lowest BCUT2D eigenvalue weighted by molar-refractivity contribution is -0.113. The minimum atomic E-state index is -1.06. The average Bonchev–Trinajstić information content (AvgIpc) is 2.59. The number of carbonyl (C=O) groups excluding carboxylic acids is 1. The van der Waals surface area contributed by atoms with Gasteiger partial charge in [0, 0.05) is 11.4 Å². The third-order valence-corrected chi connectivity index (χ3v) is 4.32. The lowest BCUT2D eigenvalue weighted by Gasteiger charge is -2.09. The topological polar surface area (TPSA) is 103 Å². The summed E-state index contributed by atoms with van der Waals surface area (Å²) in [4.78, 5) is 27.5. The first kappa shape index (κ1) is 18.5. The van der Waals surface area contributed by atoms with E-state index in [4.69, 9.17) is 5.11 Å². The van der Waals surface area contributed by atoms with Gasteiger partial charge in [-0.15, -0.1) is 0 Å². The van der Waals surface area contributed by atoms with Crippen molar-refractivity contribution in [2.24, 2.45) is 0 Å². The molecule has 0 saturated heterocycles. The highest BCUT2D eigenvalue weighted by Crippen LogP contribution is 2.23. The number of amides is 1. The first-order chi connectivity index (χ1) is 11.9. The Labute approximate surface area is 149 Å². The Bertz CT molecular complexity index is 844. The minimum absolute atomic E-state index is 0.0700. The van der Waals surface area contributed by atoms with Gasteiger partial charge in [0.15, 0.2) is 0 Å². The summed E-state index contributed by atoms with van der Waals surface area (Å²) >= 11 is 1.18. The maximum atomic E-state index is 12.1. The van der Waals surface area contributed by atoms with E-state index in [9.17, 15) is 14.9 Å². The number of nitrogens with one attached hydrogen (secondary N) is 1. The summed E-state index contributed by atoms with van der Waals surface area (Å²) in [5.41, 5.74) is 1.80. The van der Waals surface area contributed by atoms with Gasteiger partial charge in [-0.25, -0.2) is 9.78 Å². The number of benzene rings is 1. The Hall–Kier alpha value is -2.85. The summed E-state index contributed by atoms with van der Waals surface area (Å²) in [5.74, 6) is -1.06. The first-order valence-electron chi connectivity index (χ1n) is 7.57. The van der Waals surface area contributed by atoms with Gasteiger partial charge < -0.3 is 10.4 Å². The predicted octanol–water partition coefficient (Wildman–Crippen LogP) is 3.51. The van der Waals surface area contributed by atoms with E-state index in [-0.39, 0.29) is 23.1 Å². The van der Waals surface area contributed by atoms with Crippen molar-refractivity contribution in [2.45, 2.75) is 24.8 Å². The zero-order chi connectivity index (χ0) is 18.4. The Balaban J connectivity index is 2.05. The molecule has 0 aliphatic heterocycles. The number of carbonyl (C=O) groups is 2. The predicted molar refractivity (Wildman–Crippen MR) is 95.8 cm³/mol. The molecule has 0 aliphatic rings. The Morgan fingerprint density at radius 2 is 2.08 bits per heavy atom. The number of anilines is 1. The summed E-state index contributed by atoms with van der Waals surface area (Å²) in [6.07, 6.45) is 0. The SMILES string of the molecule is CC(C)c1ccc(C#N)c(SCC(=O)Nc2cccc(C(=O)O)c2)n1. The van der Waals surface area contributed by atoms with E-state index < -0.39 is 5.97 Å². The summed E-state index contributed by atoms with van der Waals surface area (Å²) in [6, 6.07) is 11.6. The fourth-order valence-corrected chi connectivity index (χ4v) is 2.81. The van der Waals surface area contributed by atoms with Gasteiger partial charge in [-0.3, -0.25) is 4.79 Å². The second kappa shape index (κ2) is 8.31. The van der Waals surface area contributed by atoms with Gasteiger partial charge >= 0.3 is 5.97 Å². The van der Waals surface area contributed by atoms with Crippen LogP contribution in [-0.4, -0.2) is 27.7 Å². The van der Waals surface area contributed by atoms with Crippen LogP contribution >= 0.6 is 11.8 Å². The maximum Gasteiger partial charge on any atom is 0.335 e. The van der Waals surface area contributed by atoms with Crippen LogP contribution in [0.3, 0.4) is 0 Å². The van der Waals surface area contributed by atoms with Crippen LogP contribution in [-0.2, 0) is 4.79 Å². The Morgan fingerprint density at radius 3 is 2.72 bits per heavy atom. The van der Waals surface area contributed by atoms with E-state index in [0.717, 1.165) is 5.69 Å². The van der Waals surface area contributed by atoms with Gasteiger partial charge in [0.1, 0.15) is 11.1 Å². The second-order valence-electron chi connectivity index (χ2n) is 5.58. The lowest BCUT2D eigenvalue weighted by atomic mass is 10.1. The number of hydrogen-bond donors (Lipinski definition) is 2. The van der Waals surface area contributed by atoms with Crippen molar-refractivity contribution in [3.05, 3.63) is 53.2 Å². The fourth-order valence-electron chi connectivity index (χ4n) is 2.03. The molecule has 1 aromatic heterocycles. The van der Waals surface area contributed by atoms with Crippen molar-refractivity contribution < 1.29 is 14.7 Å². The summed E-state index contributed by atoms with van der Waals surface area (Å²) < 4.78 is 0. The minimum Gasteiger partial charge on any atom is -0.478 e. The number of carboxylic acid groups (broad SMARTS) is 1. The molecule has 0 radical (unpaired) electrons. The van der Waals surface area contributed by atoms with Crippen molar-refractivity contribution in [1.29, 1.82) is 5.26 Å². The van der Waals surface area contributed by atoms with Crippen LogP contribution in [0.15, 0.2) is 41.4 Å². The van der Waals surface area contributed by atoms with E-state index in [1.807, 2.05) is 19.9 Å². The van der Waals surface area contributed by atoms with Gasteiger partial charge in [0.25, 0.3) is 0 Å². The number of carboxylic acids is 1. The second-order valence-corrected chi connectivity index (χ2v) is 6.54. The number of aromatic nitrogens is 1. The third-order valence-electron chi connectivity index (χ3n) is 3.33. The lowest BCUT2D eigenvalue weighted by Crippen LogP contribution is -2.14. The number of nitriles is 1. The zero-order valence-corrected chi connectivity index (χ0v) is 14.6. The number of aromatic carboxylic acids is 1. The first-order valence-corrected chi connectivity index (χ1v) is 8.56. The smallest absolute Gasteiger partial charge is 0.335 e. The van der Waals surface area contributed by atoms with Gasteiger partial charge in [0.05, 0.1) is 16.9 Å². The zero-order valence-electron chi connectivity index (χ0n) is 13.8. The number of nitrogens with zero attached hydrogens (tertiary/aromatic N) is 2. The van der Waals surface area contributed by atoms with Crippen LogP contribution in [0.1, 0.15) is 41.4 Å². The third kappa shape index (κ3) is 5.06. The monoisotopic (exact) mass is 355 g/mol. The van der Waals surface area contributed by atoms with Crippen molar-refractivity contribution in [3.8, 4) is 6.07 Å². The molecular formula is C18H17N3O3S. The van der Waals surface area contributed by atoms with Crippen LogP contribution in [0.2, 0.25) is 0 Å². The standard InChI is InChI=1S/C18H17N3O3S/c1-11(2)15-7-6-13(9-19)17(21-15)25-10-16(22)20-14-5-3-4-12(8-14)18(23)24/h3-8,11H,10H2,1-2H3,(H,20,22)(H,23,24). The molecule has 0 atom stereocenters. The normalized spacial score (nSPS) is 10.3. The van der Waals surface area contributed by atoms with Gasteiger partial charge in [-0.1, -0.05) is 31.7 Å². The molecule has 2 aromatic rings. The van der Waals surface area contributed by atoms with Crippen molar-refractivity contribution in [1.82, 2.24) is 4.98 Å². The van der Waals surface area contributed by atoms with Crippen LogP contribution in [0.5, 0.6) is 0 Å². The number of rotatable bonds is 6. The van der Waals surface area contributed by atoms with Crippen molar-refractivity contribution in [3.63, 3.8) is 0 Å². The van der Waals surface area contributed by atoms with E-state index in [2.05, 4.69) is 16.4 Å². The quantitative estimate of drug-likeness (QED) is 0.769. The van der Waals surface area contributed by atoms with Crippen LogP contribution in [0.4, 0.5) is 5.69 Å². The van der Waals surface area contributed by atoms with E-state index in [1.165, 1.54) is 23.9 Å². The molecule has 0 bridgehead atoms. The molecule has 0 spiro atoms. The molecule has 128 valence electrons. The molecule has 0 saturated carbocycles. The maximum absolute atomic E-state index is 12.1.